The van der Waals surface area contributed by atoms with Crippen LogP contribution in [0.25, 0.3) is 21.8 Å². The molecule has 0 bridgehead atoms. The summed E-state index contributed by atoms with van der Waals surface area (Å²) in [5.74, 6) is 0.0811. The molecule has 0 aliphatic rings. The molecule has 0 saturated carbocycles. The highest BCUT2D eigenvalue weighted by Crippen LogP contribution is 2.41. The molecule has 0 aliphatic carbocycles. The summed E-state index contributed by atoms with van der Waals surface area (Å²) in [7, 11) is 1.67. The van der Waals surface area contributed by atoms with E-state index in [9.17, 15) is 4.79 Å². The molecule has 0 unspecified atom stereocenters. The van der Waals surface area contributed by atoms with Gasteiger partial charge in [0, 0.05) is 34.5 Å². The van der Waals surface area contributed by atoms with Crippen LogP contribution in [-0.4, -0.2) is 37.3 Å². The van der Waals surface area contributed by atoms with Crippen LogP contribution in [0.4, 0.5) is 0 Å². The van der Waals surface area contributed by atoms with Crippen molar-refractivity contribution in [2.45, 2.75) is 65.8 Å². The quantitative estimate of drug-likeness (QED) is 0.258. The van der Waals surface area contributed by atoms with Crippen molar-refractivity contribution in [2.24, 2.45) is 0 Å². The van der Waals surface area contributed by atoms with Gasteiger partial charge >= 0.3 is 0 Å². The van der Waals surface area contributed by atoms with Gasteiger partial charge in [0.15, 0.2) is 5.78 Å². The van der Waals surface area contributed by atoms with Gasteiger partial charge in [-0.2, -0.15) is 0 Å². The summed E-state index contributed by atoms with van der Waals surface area (Å²) in [4.78, 5) is 12.8. The molecule has 0 atom stereocenters. The molecule has 3 aromatic rings. The Balaban J connectivity index is 2.36. The first-order chi connectivity index (χ1) is 14.9. The number of aromatic nitrogens is 1. The minimum Gasteiger partial charge on any atom is -0.382 e. The molecule has 174 valence electrons. The molecule has 0 fully saturated rings. The van der Waals surface area contributed by atoms with Gasteiger partial charge in [0.1, 0.15) is 0 Å². The Hall–Kier alpha value is -1.69. The zero-order valence-corrected chi connectivity index (χ0v) is 22.3. The molecule has 4 nitrogen and oxygen atoms in total. The van der Waals surface area contributed by atoms with Crippen molar-refractivity contribution in [3.8, 4) is 0 Å². The highest BCUT2D eigenvalue weighted by molar-refractivity contribution is 9.10. The topological polar surface area (TPSA) is 40.5 Å². The van der Waals surface area contributed by atoms with E-state index in [1.54, 1.807) is 14.0 Å². The van der Waals surface area contributed by atoms with Crippen LogP contribution >= 0.6 is 15.9 Å². The Morgan fingerprint density at radius 3 is 1.97 bits per heavy atom. The molecule has 0 aliphatic heterocycles. The number of carbonyl (C=O) groups is 1. The molecular weight excluding hydrogens is 466 g/mol. The Labute approximate surface area is 200 Å². The number of halogens is 1. The Morgan fingerprint density at radius 2 is 1.44 bits per heavy atom. The zero-order valence-electron chi connectivity index (χ0n) is 20.7. The molecule has 5 heteroatoms. The number of benzene rings is 2. The van der Waals surface area contributed by atoms with Crippen molar-refractivity contribution in [3.63, 3.8) is 0 Å². The van der Waals surface area contributed by atoms with Gasteiger partial charge in [0.25, 0.3) is 0 Å². The first kappa shape index (κ1) is 24.9. The fourth-order valence-corrected chi connectivity index (χ4v) is 4.75. The van der Waals surface area contributed by atoms with E-state index in [4.69, 9.17) is 9.47 Å². The number of ketones is 1. The maximum absolute atomic E-state index is 12.8. The predicted octanol–water partition coefficient (Wildman–Crippen LogP) is 7.02. The van der Waals surface area contributed by atoms with E-state index in [1.165, 1.54) is 16.5 Å². The van der Waals surface area contributed by atoms with E-state index in [2.05, 4.69) is 86.3 Å². The average molecular weight is 502 g/mol. The van der Waals surface area contributed by atoms with Crippen molar-refractivity contribution in [1.82, 2.24) is 4.57 Å². The van der Waals surface area contributed by atoms with Gasteiger partial charge in [0.2, 0.25) is 0 Å². The number of hydrogen-bond donors (Lipinski definition) is 0. The second kappa shape index (κ2) is 9.28. The number of hydrogen-bond acceptors (Lipinski definition) is 3. The third kappa shape index (κ3) is 4.95. The summed E-state index contributed by atoms with van der Waals surface area (Å²) in [6.07, 6.45) is 0. The summed E-state index contributed by atoms with van der Waals surface area (Å²) in [6.45, 7) is 17.2. The molecule has 3 rings (SSSR count). The largest absolute Gasteiger partial charge is 0.382 e. The number of rotatable bonds is 7. The van der Waals surface area contributed by atoms with Crippen molar-refractivity contribution in [1.29, 1.82) is 0 Å². The van der Waals surface area contributed by atoms with Gasteiger partial charge in [-0.15, -0.1) is 0 Å². The van der Waals surface area contributed by atoms with Crippen LogP contribution in [0.15, 0.2) is 28.7 Å². The van der Waals surface area contributed by atoms with Crippen molar-refractivity contribution in [3.05, 3.63) is 45.4 Å². The molecule has 2 aromatic carbocycles. The summed E-state index contributed by atoms with van der Waals surface area (Å²) in [5.41, 5.74) is 5.25. The van der Waals surface area contributed by atoms with E-state index >= 15 is 0 Å². The highest BCUT2D eigenvalue weighted by atomic mass is 79.9. The summed E-state index contributed by atoms with van der Waals surface area (Å²) >= 11 is 3.86. The van der Waals surface area contributed by atoms with E-state index in [0.717, 1.165) is 26.5 Å². The van der Waals surface area contributed by atoms with Gasteiger partial charge in [0.05, 0.1) is 30.9 Å². The number of methoxy groups -OCH3 is 1. The highest BCUT2D eigenvalue weighted by Gasteiger charge is 2.25. The van der Waals surface area contributed by atoms with Crippen LogP contribution in [0.3, 0.4) is 0 Å². The maximum atomic E-state index is 12.8. The number of nitrogens with zero attached hydrogens (tertiary/aromatic N) is 1. The minimum absolute atomic E-state index is 0.0133. The normalized spacial score (nSPS) is 12.8. The molecule has 0 spiro atoms. The van der Waals surface area contributed by atoms with Gasteiger partial charge in [-0.25, -0.2) is 0 Å². The third-order valence-corrected chi connectivity index (χ3v) is 6.61. The zero-order chi connectivity index (χ0) is 23.8. The Kier molecular flexibility index (Phi) is 7.23. The second-order valence-corrected chi connectivity index (χ2v) is 11.4. The van der Waals surface area contributed by atoms with Crippen molar-refractivity contribution >= 4 is 43.5 Å². The molecule has 32 heavy (non-hydrogen) atoms. The summed E-state index contributed by atoms with van der Waals surface area (Å²) < 4.78 is 14.2. The van der Waals surface area contributed by atoms with Crippen LogP contribution in [0.1, 0.15) is 70.0 Å². The number of fused-ring (bicyclic) bond motifs is 3. The Morgan fingerprint density at radius 1 is 0.875 bits per heavy atom. The van der Waals surface area contributed by atoms with E-state index < -0.39 is 0 Å². The van der Waals surface area contributed by atoms with Crippen LogP contribution < -0.4 is 0 Å². The van der Waals surface area contributed by atoms with E-state index in [0.29, 0.717) is 26.4 Å². The van der Waals surface area contributed by atoms with Crippen LogP contribution in [0.2, 0.25) is 0 Å². The molecule has 0 radical (unpaired) electrons. The monoisotopic (exact) mass is 501 g/mol. The van der Waals surface area contributed by atoms with E-state index in [1.807, 2.05) is 0 Å². The SMILES string of the molecule is COCCOCCn1c2c(Br)cc(C(C)(C)C)cc2c2cc(C(C)(C)C)cc(C(C)=O)c21. The molecule has 0 amide bonds. The van der Waals surface area contributed by atoms with Gasteiger partial charge < -0.3 is 14.0 Å². The first-order valence-corrected chi connectivity index (χ1v) is 12.0. The molecule has 1 aromatic heterocycles. The third-order valence-electron chi connectivity index (χ3n) is 6.01. The smallest absolute Gasteiger partial charge is 0.161 e. The average Bonchev–Trinajstić information content (AvgIpc) is 3.00. The predicted molar refractivity (Wildman–Crippen MR) is 137 cm³/mol. The summed E-state index contributed by atoms with van der Waals surface area (Å²) in [6, 6.07) is 8.85. The van der Waals surface area contributed by atoms with Crippen LogP contribution in [0.5, 0.6) is 0 Å². The second-order valence-electron chi connectivity index (χ2n) is 10.6. The summed E-state index contributed by atoms with van der Waals surface area (Å²) in [5, 5.41) is 2.30. The van der Waals surface area contributed by atoms with Crippen molar-refractivity contribution < 1.29 is 14.3 Å². The van der Waals surface area contributed by atoms with Crippen LogP contribution in [0, 0.1) is 0 Å². The number of ether oxygens (including phenoxy) is 2. The lowest BCUT2D eigenvalue weighted by Gasteiger charge is -2.21. The van der Waals surface area contributed by atoms with Gasteiger partial charge in [-0.1, -0.05) is 41.5 Å². The molecule has 0 N–H and O–H groups in total. The maximum Gasteiger partial charge on any atom is 0.161 e. The fourth-order valence-electron chi connectivity index (χ4n) is 4.08. The van der Waals surface area contributed by atoms with Gasteiger partial charge in [-0.3, -0.25) is 4.79 Å². The minimum atomic E-state index is -0.0606. The number of carbonyl (C=O) groups excluding carboxylic acids is 1. The lowest BCUT2D eigenvalue weighted by molar-refractivity contribution is 0.0673. The van der Waals surface area contributed by atoms with E-state index in [-0.39, 0.29) is 16.6 Å². The van der Waals surface area contributed by atoms with Crippen molar-refractivity contribution in [2.75, 3.05) is 26.9 Å². The fraction of sp³-hybridized carbons (Fsp3) is 0.519. The van der Waals surface area contributed by atoms with Gasteiger partial charge in [-0.05, 0) is 69.1 Å². The molecule has 1 heterocycles. The lowest BCUT2D eigenvalue weighted by atomic mass is 9.84. The Bertz CT molecular complexity index is 1150. The molecular formula is C27H36BrNO3. The number of Topliss-reactive ketones (excluding diaryl/α,β-unsaturated/α-hetero) is 1. The molecule has 0 saturated heterocycles. The lowest BCUT2D eigenvalue weighted by Crippen LogP contribution is -2.14. The standard InChI is InChI=1S/C27H36BrNO3/c1-17(30)20-13-18(26(2,3)4)14-21-22-15-19(27(5,6)7)16-23(28)25(22)29(24(20)21)9-10-32-12-11-31-8/h13-16H,9-12H2,1-8H3. The van der Waals surface area contributed by atoms with Crippen LogP contribution in [-0.2, 0) is 26.8 Å². The first-order valence-electron chi connectivity index (χ1n) is 11.2.